The van der Waals surface area contributed by atoms with E-state index in [0.717, 1.165) is 14.8 Å². The van der Waals surface area contributed by atoms with Crippen molar-refractivity contribution in [1.82, 2.24) is 5.32 Å². The van der Waals surface area contributed by atoms with Crippen molar-refractivity contribution in [3.8, 4) is 0 Å². The molecule has 0 bridgehead atoms. The number of thioether (sulfide) groups is 1. The molecule has 0 aliphatic carbocycles. The van der Waals surface area contributed by atoms with Gasteiger partial charge in [-0.05, 0) is 61.7 Å². The van der Waals surface area contributed by atoms with Gasteiger partial charge in [-0.3, -0.25) is 13.9 Å². The Bertz CT molecular complexity index is 1310. The highest BCUT2D eigenvalue weighted by atomic mass is 32.2. The number of para-hydroxylation sites is 1. The summed E-state index contributed by atoms with van der Waals surface area (Å²) in [7, 11) is -4.04. The van der Waals surface area contributed by atoms with E-state index in [0.29, 0.717) is 5.69 Å². The van der Waals surface area contributed by atoms with Gasteiger partial charge in [0.25, 0.3) is 15.9 Å². The summed E-state index contributed by atoms with van der Waals surface area (Å²) in [5.41, 5.74) is 1.86. The molecule has 7 nitrogen and oxygen atoms in total. The highest BCUT2D eigenvalue weighted by Gasteiger charge is 2.27. The number of hydrogen-bond acceptors (Lipinski definition) is 5. The maximum absolute atomic E-state index is 13.6. The number of carbonyl (C=O) groups excluding carboxylic acids is 2. The van der Waals surface area contributed by atoms with Crippen LogP contribution in [0, 0.1) is 6.92 Å². The Labute approximate surface area is 210 Å². The predicted molar refractivity (Wildman–Crippen MR) is 142 cm³/mol. The first-order valence-electron chi connectivity index (χ1n) is 10.8. The van der Waals surface area contributed by atoms with Crippen molar-refractivity contribution in [2.24, 2.45) is 0 Å². The van der Waals surface area contributed by atoms with Crippen LogP contribution in [-0.2, 0) is 14.8 Å². The van der Waals surface area contributed by atoms with Crippen LogP contribution in [0.1, 0.15) is 15.9 Å². The largest absolute Gasteiger partial charge is 0.349 e. The average Bonchev–Trinajstić information content (AvgIpc) is 2.86. The summed E-state index contributed by atoms with van der Waals surface area (Å²) >= 11 is 1.50. The maximum atomic E-state index is 13.6. The van der Waals surface area contributed by atoms with E-state index in [4.69, 9.17) is 0 Å². The van der Waals surface area contributed by atoms with E-state index in [-0.39, 0.29) is 28.6 Å². The molecule has 0 heterocycles. The Balaban J connectivity index is 1.91. The Hall–Kier alpha value is -3.56. The van der Waals surface area contributed by atoms with Crippen LogP contribution in [0.3, 0.4) is 0 Å². The molecule has 0 spiro atoms. The number of rotatable bonds is 10. The molecule has 0 aliphatic heterocycles. The Morgan fingerprint density at radius 3 is 2.29 bits per heavy atom. The summed E-state index contributed by atoms with van der Waals surface area (Å²) in [6.07, 6.45) is 3.46. The molecule has 0 atom stereocenters. The molecular weight excluding hydrogens is 482 g/mol. The summed E-state index contributed by atoms with van der Waals surface area (Å²) in [5.74, 6) is -0.962. The van der Waals surface area contributed by atoms with Gasteiger partial charge >= 0.3 is 0 Å². The molecule has 2 amide bonds. The van der Waals surface area contributed by atoms with E-state index in [1.54, 1.807) is 66.7 Å². The second kappa shape index (κ2) is 11.7. The minimum Gasteiger partial charge on any atom is -0.349 e. The fourth-order valence-electron chi connectivity index (χ4n) is 3.27. The second-order valence-corrected chi connectivity index (χ2v) is 10.4. The quantitative estimate of drug-likeness (QED) is 0.311. The van der Waals surface area contributed by atoms with Gasteiger partial charge < -0.3 is 10.6 Å². The number of amides is 2. The molecular formula is C26H27N3O4S2. The first-order chi connectivity index (χ1) is 16.8. The summed E-state index contributed by atoms with van der Waals surface area (Å²) in [6, 6.07) is 19.9. The van der Waals surface area contributed by atoms with Crippen LogP contribution < -0.4 is 14.9 Å². The molecule has 0 saturated heterocycles. The minimum atomic E-state index is -4.04. The van der Waals surface area contributed by atoms with Crippen molar-refractivity contribution < 1.29 is 18.0 Å². The van der Waals surface area contributed by atoms with Crippen molar-refractivity contribution in [2.45, 2.75) is 16.7 Å². The summed E-state index contributed by atoms with van der Waals surface area (Å²) < 4.78 is 28.2. The van der Waals surface area contributed by atoms with Crippen molar-refractivity contribution in [1.29, 1.82) is 0 Å². The number of sulfonamides is 1. The lowest BCUT2D eigenvalue weighted by Crippen LogP contribution is -2.38. The monoisotopic (exact) mass is 509 g/mol. The van der Waals surface area contributed by atoms with Gasteiger partial charge in [0.05, 0.1) is 21.8 Å². The van der Waals surface area contributed by atoms with Crippen LogP contribution in [0.25, 0.3) is 0 Å². The lowest BCUT2D eigenvalue weighted by Gasteiger charge is -2.24. The van der Waals surface area contributed by atoms with Gasteiger partial charge in [0, 0.05) is 11.4 Å². The van der Waals surface area contributed by atoms with Crippen LogP contribution in [0.4, 0.5) is 11.4 Å². The summed E-state index contributed by atoms with van der Waals surface area (Å²) in [6.45, 7) is 5.27. The fourth-order valence-corrected chi connectivity index (χ4v) is 5.10. The third-order valence-electron chi connectivity index (χ3n) is 5.11. The van der Waals surface area contributed by atoms with Gasteiger partial charge in [0.1, 0.15) is 6.54 Å². The molecule has 2 N–H and O–H groups in total. The number of aryl methyl sites for hydroxylation is 1. The molecule has 0 saturated carbocycles. The Morgan fingerprint density at radius 2 is 1.66 bits per heavy atom. The average molecular weight is 510 g/mol. The van der Waals surface area contributed by atoms with Crippen molar-refractivity contribution in [3.05, 3.63) is 96.6 Å². The van der Waals surface area contributed by atoms with Gasteiger partial charge in [-0.1, -0.05) is 35.9 Å². The number of nitrogens with zero attached hydrogens (tertiary/aromatic N) is 1. The number of hydrogen-bond donors (Lipinski definition) is 2. The van der Waals surface area contributed by atoms with Gasteiger partial charge in [-0.2, -0.15) is 0 Å². The first kappa shape index (κ1) is 26.1. The van der Waals surface area contributed by atoms with Crippen LogP contribution in [0.2, 0.25) is 0 Å². The van der Waals surface area contributed by atoms with Gasteiger partial charge in [0.15, 0.2) is 0 Å². The molecule has 182 valence electrons. The Kier molecular flexibility index (Phi) is 8.73. The number of carbonyl (C=O) groups is 2. The molecule has 0 unspecified atom stereocenters. The fraction of sp³-hybridized carbons (Fsp3) is 0.154. The zero-order chi connectivity index (χ0) is 25.4. The topological polar surface area (TPSA) is 95.6 Å². The van der Waals surface area contributed by atoms with Crippen LogP contribution in [0.15, 0.2) is 95.2 Å². The third kappa shape index (κ3) is 6.52. The second-order valence-electron chi connectivity index (χ2n) is 7.62. The van der Waals surface area contributed by atoms with Crippen LogP contribution in [-0.4, -0.2) is 39.6 Å². The molecule has 0 radical (unpaired) electrons. The van der Waals surface area contributed by atoms with E-state index in [1.807, 2.05) is 13.2 Å². The standard InChI is InChI=1S/C26H27N3O4S2/c1-4-17-27-26(31)23-7-5-6-8-24(23)28-25(30)18-29(20-11-9-19(2)10-12-20)35(32,33)22-15-13-21(34-3)14-16-22/h4-16H,1,17-18H2,2-3H3,(H,27,31)(H,28,30). The number of nitrogens with one attached hydrogen (secondary N) is 2. The minimum absolute atomic E-state index is 0.0767. The molecule has 3 aromatic carbocycles. The molecule has 0 fully saturated rings. The molecule has 0 aromatic heterocycles. The van der Waals surface area contributed by atoms with E-state index in [2.05, 4.69) is 17.2 Å². The highest BCUT2D eigenvalue weighted by Crippen LogP contribution is 2.26. The van der Waals surface area contributed by atoms with Gasteiger partial charge in [-0.15, -0.1) is 18.3 Å². The zero-order valence-corrected chi connectivity index (χ0v) is 21.2. The maximum Gasteiger partial charge on any atom is 0.264 e. The Morgan fingerprint density at radius 1 is 1.00 bits per heavy atom. The highest BCUT2D eigenvalue weighted by molar-refractivity contribution is 7.98. The smallest absolute Gasteiger partial charge is 0.264 e. The van der Waals surface area contributed by atoms with Crippen molar-refractivity contribution in [3.63, 3.8) is 0 Å². The lowest BCUT2D eigenvalue weighted by atomic mass is 10.1. The molecule has 35 heavy (non-hydrogen) atoms. The summed E-state index contributed by atoms with van der Waals surface area (Å²) in [4.78, 5) is 26.5. The SMILES string of the molecule is C=CCNC(=O)c1ccccc1NC(=O)CN(c1ccc(C)cc1)S(=O)(=O)c1ccc(SC)cc1. The third-order valence-corrected chi connectivity index (χ3v) is 7.64. The summed E-state index contributed by atoms with van der Waals surface area (Å²) in [5, 5.41) is 5.36. The first-order valence-corrected chi connectivity index (χ1v) is 13.4. The van der Waals surface area contributed by atoms with Crippen LogP contribution >= 0.6 is 11.8 Å². The van der Waals surface area contributed by atoms with E-state index < -0.39 is 22.5 Å². The molecule has 3 aromatic rings. The number of benzene rings is 3. The van der Waals surface area contributed by atoms with Crippen LogP contribution in [0.5, 0.6) is 0 Å². The van der Waals surface area contributed by atoms with E-state index in [9.17, 15) is 18.0 Å². The van der Waals surface area contributed by atoms with E-state index in [1.165, 1.54) is 23.9 Å². The molecule has 3 rings (SSSR count). The normalized spacial score (nSPS) is 10.9. The van der Waals surface area contributed by atoms with Gasteiger partial charge in [0.2, 0.25) is 5.91 Å². The predicted octanol–water partition coefficient (Wildman–Crippen LogP) is 4.47. The van der Waals surface area contributed by atoms with Crippen molar-refractivity contribution in [2.75, 3.05) is 29.0 Å². The van der Waals surface area contributed by atoms with Gasteiger partial charge in [-0.25, -0.2) is 8.42 Å². The van der Waals surface area contributed by atoms with E-state index >= 15 is 0 Å². The lowest BCUT2D eigenvalue weighted by molar-refractivity contribution is -0.114. The molecule has 9 heteroatoms. The molecule has 0 aliphatic rings. The van der Waals surface area contributed by atoms with Crippen molar-refractivity contribution >= 4 is 45.0 Å². The number of anilines is 2. The zero-order valence-electron chi connectivity index (χ0n) is 19.5.